The van der Waals surface area contributed by atoms with E-state index in [9.17, 15) is 0 Å². The predicted octanol–water partition coefficient (Wildman–Crippen LogP) is 16.4. The molecule has 0 aliphatic carbocycles. The second kappa shape index (κ2) is 41.0. The zero-order chi connectivity index (χ0) is 30.3. The minimum atomic E-state index is 1.37. The van der Waals surface area contributed by atoms with Gasteiger partial charge in [0.15, 0.2) is 0 Å². The molecule has 0 aliphatic rings. The Labute approximate surface area is 270 Å². The van der Waals surface area contributed by atoms with Crippen LogP contribution in [0.5, 0.6) is 0 Å². The van der Waals surface area contributed by atoms with Crippen molar-refractivity contribution in [2.75, 3.05) is 0 Å². The lowest BCUT2D eigenvalue weighted by atomic mass is 10.0. The summed E-state index contributed by atoms with van der Waals surface area (Å²) in [5.74, 6) is 0. The average Bonchev–Trinajstić information content (AvgIpc) is 3.00. The molecular formula is C42H85. The number of hydrogen-bond acceptors (Lipinski definition) is 0. The third-order valence-electron chi connectivity index (χ3n) is 9.77. The van der Waals surface area contributed by atoms with E-state index in [-0.39, 0.29) is 0 Å². The van der Waals surface area contributed by atoms with Crippen LogP contribution in [0.15, 0.2) is 0 Å². The molecule has 0 fully saturated rings. The number of rotatable bonds is 39. The first-order chi connectivity index (χ1) is 20.9. The van der Waals surface area contributed by atoms with Gasteiger partial charge in [-0.3, -0.25) is 0 Å². The van der Waals surface area contributed by atoms with Crippen molar-refractivity contribution in [3.05, 3.63) is 6.42 Å². The third-order valence-corrected chi connectivity index (χ3v) is 9.77. The van der Waals surface area contributed by atoms with Gasteiger partial charge in [0.2, 0.25) is 0 Å². The minimum absolute atomic E-state index is 1.37. The van der Waals surface area contributed by atoms with E-state index in [1.807, 2.05) is 0 Å². The fourth-order valence-corrected chi connectivity index (χ4v) is 6.70. The second-order valence-electron chi connectivity index (χ2n) is 14.2. The van der Waals surface area contributed by atoms with Crippen LogP contribution in [0.3, 0.4) is 0 Å². The highest BCUT2D eigenvalue weighted by atomic mass is 14.0. The minimum Gasteiger partial charge on any atom is -0.0654 e. The Bertz CT molecular complexity index is 386. The standard InChI is InChI=1S/C42H85/c1-3-5-7-9-11-13-15-17-19-21-23-25-27-29-31-33-35-37-39-41-42-40-38-36-34-32-30-28-26-24-22-20-18-16-14-12-10-8-6-4-2/h41H,3-40,42H2,1-2H3. The van der Waals surface area contributed by atoms with Crippen LogP contribution >= 0.6 is 0 Å². The van der Waals surface area contributed by atoms with Gasteiger partial charge in [-0.2, -0.15) is 0 Å². The number of unbranched alkanes of at least 4 members (excludes halogenated alkanes) is 39. The van der Waals surface area contributed by atoms with E-state index in [1.165, 1.54) is 250 Å². The van der Waals surface area contributed by atoms with Gasteiger partial charge < -0.3 is 0 Å². The number of hydrogen-bond donors (Lipinski definition) is 0. The zero-order valence-corrected chi connectivity index (χ0v) is 30.2. The molecule has 0 saturated heterocycles. The van der Waals surface area contributed by atoms with Crippen molar-refractivity contribution in [3.63, 3.8) is 0 Å². The maximum Gasteiger partial charge on any atom is -0.0386 e. The molecule has 0 aromatic heterocycles. The third kappa shape index (κ3) is 40.0. The smallest absolute Gasteiger partial charge is 0.0386 e. The molecule has 42 heavy (non-hydrogen) atoms. The van der Waals surface area contributed by atoms with Crippen LogP contribution in [0.4, 0.5) is 0 Å². The second-order valence-corrected chi connectivity index (χ2v) is 14.2. The molecule has 0 heteroatoms. The summed E-state index contributed by atoms with van der Waals surface area (Å²) in [6.45, 7) is 4.62. The average molecular weight is 590 g/mol. The van der Waals surface area contributed by atoms with E-state index < -0.39 is 0 Å². The quantitative estimate of drug-likeness (QED) is 0.0625. The Morgan fingerprint density at radius 1 is 0.190 bits per heavy atom. The highest BCUT2D eigenvalue weighted by Crippen LogP contribution is 2.17. The van der Waals surface area contributed by atoms with E-state index >= 15 is 0 Å². The van der Waals surface area contributed by atoms with Crippen molar-refractivity contribution >= 4 is 0 Å². The van der Waals surface area contributed by atoms with Crippen molar-refractivity contribution in [2.24, 2.45) is 0 Å². The molecule has 0 rings (SSSR count). The molecule has 0 atom stereocenters. The Morgan fingerprint density at radius 2 is 0.333 bits per heavy atom. The topological polar surface area (TPSA) is 0 Å². The molecule has 253 valence electrons. The predicted molar refractivity (Wildman–Crippen MR) is 196 cm³/mol. The molecule has 0 amide bonds. The van der Waals surface area contributed by atoms with E-state index in [1.54, 1.807) is 0 Å². The highest BCUT2D eigenvalue weighted by Gasteiger charge is 1.98. The molecule has 0 nitrogen and oxygen atoms in total. The first-order valence-electron chi connectivity index (χ1n) is 20.7. The van der Waals surface area contributed by atoms with Crippen LogP contribution in [-0.2, 0) is 0 Å². The molecule has 0 spiro atoms. The molecule has 0 aromatic carbocycles. The molecule has 1 radical (unpaired) electrons. The first kappa shape index (κ1) is 42.0. The van der Waals surface area contributed by atoms with Crippen LogP contribution in [-0.4, -0.2) is 0 Å². The van der Waals surface area contributed by atoms with Crippen molar-refractivity contribution in [2.45, 2.75) is 264 Å². The monoisotopic (exact) mass is 590 g/mol. The van der Waals surface area contributed by atoms with Gasteiger partial charge in [-0.05, 0) is 6.42 Å². The Hall–Kier alpha value is 0. The van der Waals surface area contributed by atoms with E-state index in [0.717, 1.165) is 0 Å². The maximum atomic E-state index is 2.60. The first-order valence-corrected chi connectivity index (χ1v) is 20.7. The molecule has 0 N–H and O–H groups in total. The van der Waals surface area contributed by atoms with Gasteiger partial charge in [0.05, 0.1) is 0 Å². The summed E-state index contributed by atoms with van der Waals surface area (Å²) in [7, 11) is 0. The molecule has 0 aromatic rings. The summed E-state index contributed by atoms with van der Waals surface area (Å²) in [6.07, 6.45) is 59.9. The summed E-state index contributed by atoms with van der Waals surface area (Å²) >= 11 is 0. The van der Waals surface area contributed by atoms with E-state index in [0.29, 0.717) is 0 Å². The highest BCUT2D eigenvalue weighted by molar-refractivity contribution is 4.65. The van der Waals surface area contributed by atoms with Crippen LogP contribution in [0.2, 0.25) is 0 Å². The molecule has 0 unspecified atom stereocenters. The normalized spacial score (nSPS) is 11.6. The van der Waals surface area contributed by atoms with Gasteiger partial charge in [0.25, 0.3) is 0 Å². The van der Waals surface area contributed by atoms with E-state index in [4.69, 9.17) is 0 Å². The maximum absolute atomic E-state index is 2.60. The molecule has 0 aliphatic heterocycles. The lowest BCUT2D eigenvalue weighted by Gasteiger charge is -2.05. The fourth-order valence-electron chi connectivity index (χ4n) is 6.70. The van der Waals surface area contributed by atoms with Gasteiger partial charge in [-0.25, -0.2) is 0 Å². The summed E-state index contributed by atoms with van der Waals surface area (Å²) in [6, 6.07) is 0. The van der Waals surface area contributed by atoms with E-state index in [2.05, 4.69) is 20.3 Å². The van der Waals surface area contributed by atoms with Crippen LogP contribution < -0.4 is 0 Å². The molecule has 0 saturated carbocycles. The zero-order valence-electron chi connectivity index (χ0n) is 30.2. The summed E-state index contributed by atoms with van der Waals surface area (Å²) in [4.78, 5) is 0. The van der Waals surface area contributed by atoms with Crippen molar-refractivity contribution in [1.82, 2.24) is 0 Å². The Balaban J connectivity index is 3.02. The van der Waals surface area contributed by atoms with Crippen LogP contribution in [0, 0.1) is 6.42 Å². The largest absolute Gasteiger partial charge is 0.0654 e. The van der Waals surface area contributed by atoms with Gasteiger partial charge in [-0.15, -0.1) is 0 Å². The molecular weight excluding hydrogens is 504 g/mol. The summed E-state index contributed by atoms with van der Waals surface area (Å²) in [5.41, 5.74) is 0. The van der Waals surface area contributed by atoms with Crippen LogP contribution in [0.1, 0.15) is 264 Å². The van der Waals surface area contributed by atoms with Gasteiger partial charge in [0, 0.05) is 0 Å². The Morgan fingerprint density at radius 3 is 0.500 bits per heavy atom. The van der Waals surface area contributed by atoms with Gasteiger partial charge in [0.1, 0.15) is 0 Å². The fraction of sp³-hybridized carbons (Fsp3) is 0.976. The molecule has 0 heterocycles. The Kier molecular flexibility index (Phi) is 41.0. The lowest BCUT2D eigenvalue weighted by Crippen LogP contribution is -1.85. The van der Waals surface area contributed by atoms with Crippen molar-refractivity contribution < 1.29 is 0 Å². The van der Waals surface area contributed by atoms with Gasteiger partial charge >= 0.3 is 0 Å². The van der Waals surface area contributed by atoms with Crippen molar-refractivity contribution in [1.29, 1.82) is 0 Å². The summed E-state index contributed by atoms with van der Waals surface area (Å²) < 4.78 is 0. The van der Waals surface area contributed by atoms with Crippen LogP contribution in [0.25, 0.3) is 0 Å². The summed E-state index contributed by atoms with van der Waals surface area (Å²) in [5, 5.41) is 0. The lowest BCUT2D eigenvalue weighted by molar-refractivity contribution is 0.521. The molecule has 0 bridgehead atoms. The van der Waals surface area contributed by atoms with Gasteiger partial charge in [-0.1, -0.05) is 264 Å². The SMILES string of the molecule is CCCCCCCCCCCCCCCCCCCC[CH]CCCCCCCCCCCCCCCCCCCCC. The van der Waals surface area contributed by atoms with Crippen molar-refractivity contribution in [3.8, 4) is 0 Å².